The van der Waals surface area contributed by atoms with Crippen molar-refractivity contribution in [2.45, 2.75) is 49.5 Å². The number of rotatable bonds is 5. The van der Waals surface area contributed by atoms with Crippen LogP contribution in [0.2, 0.25) is 0 Å². The van der Waals surface area contributed by atoms with Gasteiger partial charge in [0.25, 0.3) is 11.8 Å². The van der Waals surface area contributed by atoms with Crippen LogP contribution in [0, 0.1) is 5.92 Å². The number of hydrogen-bond donors (Lipinski definition) is 2. The Balaban J connectivity index is 1.74. The van der Waals surface area contributed by atoms with Crippen LogP contribution in [0.5, 0.6) is 0 Å². The summed E-state index contributed by atoms with van der Waals surface area (Å²) in [5.74, 6) is -6.23. The molecule has 1 fully saturated rings. The van der Waals surface area contributed by atoms with E-state index >= 15 is 0 Å². The van der Waals surface area contributed by atoms with Crippen LogP contribution in [-0.2, 0) is 12.3 Å². The lowest BCUT2D eigenvalue weighted by molar-refractivity contribution is -0.0652. The van der Waals surface area contributed by atoms with Crippen molar-refractivity contribution in [1.82, 2.24) is 9.97 Å². The Kier molecular flexibility index (Phi) is 6.10. The van der Waals surface area contributed by atoms with Gasteiger partial charge in [-0.15, -0.1) is 0 Å². The third-order valence-electron chi connectivity index (χ3n) is 6.09. The van der Waals surface area contributed by atoms with E-state index in [1.165, 1.54) is 13.0 Å². The van der Waals surface area contributed by atoms with Gasteiger partial charge in [0.05, 0.1) is 5.69 Å². The third kappa shape index (κ3) is 4.43. The zero-order valence-corrected chi connectivity index (χ0v) is 18.5. The molecule has 1 unspecified atom stereocenters. The van der Waals surface area contributed by atoms with E-state index in [0.29, 0.717) is 46.3 Å². The van der Waals surface area contributed by atoms with E-state index in [4.69, 9.17) is 5.14 Å². The van der Waals surface area contributed by atoms with Crippen LogP contribution in [0.4, 0.5) is 29.1 Å². The molecule has 1 aliphatic heterocycles. The summed E-state index contributed by atoms with van der Waals surface area (Å²) in [7, 11) is 0. The van der Waals surface area contributed by atoms with E-state index in [2.05, 4.69) is 21.9 Å². The zero-order valence-electron chi connectivity index (χ0n) is 17.7. The lowest BCUT2D eigenvalue weighted by atomic mass is 9.90. The molecule has 2 aliphatic rings. The molecular weight excluding hydrogens is 442 g/mol. The number of nitrogens with one attached hydrogen (secondary N) is 1. The van der Waals surface area contributed by atoms with Crippen LogP contribution in [0.3, 0.4) is 0 Å². The van der Waals surface area contributed by atoms with E-state index in [0.717, 1.165) is 11.9 Å². The lowest BCUT2D eigenvalue weighted by Crippen LogP contribution is -2.46. The number of pyridine rings is 2. The molecule has 0 radical (unpaired) electrons. The molecule has 2 aromatic heterocycles. The molecule has 2 aromatic rings. The Morgan fingerprint density at radius 2 is 2.06 bits per heavy atom. The second kappa shape index (κ2) is 8.55. The summed E-state index contributed by atoms with van der Waals surface area (Å²) >= 11 is 0.979. The van der Waals surface area contributed by atoms with Gasteiger partial charge >= 0.3 is 0 Å². The minimum Gasteiger partial charge on any atom is -0.355 e. The van der Waals surface area contributed by atoms with Gasteiger partial charge < -0.3 is 10.2 Å². The summed E-state index contributed by atoms with van der Waals surface area (Å²) in [5, 5.41) is 9.25. The number of nitrogens with two attached hydrogens (primary N) is 1. The van der Waals surface area contributed by atoms with Gasteiger partial charge in [-0.2, -0.15) is 0 Å². The minimum absolute atomic E-state index is 0.0820. The van der Waals surface area contributed by atoms with Crippen LogP contribution < -0.4 is 15.4 Å². The second-order valence-corrected chi connectivity index (χ2v) is 9.03. The lowest BCUT2D eigenvalue weighted by Gasteiger charge is -2.39. The molecule has 0 amide bonds. The van der Waals surface area contributed by atoms with E-state index in [1.54, 1.807) is 23.2 Å². The summed E-state index contributed by atoms with van der Waals surface area (Å²) in [6, 6.07) is 4.83. The van der Waals surface area contributed by atoms with Crippen molar-refractivity contribution in [3.63, 3.8) is 0 Å². The van der Waals surface area contributed by atoms with Crippen molar-refractivity contribution < 1.29 is 17.6 Å². The Bertz CT molecular complexity index is 1030. The monoisotopic (exact) mass is 467 g/mol. The van der Waals surface area contributed by atoms with Crippen molar-refractivity contribution in [2.75, 3.05) is 23.3 Å². The van der Waals surface area contributed by atoms with Crippen molar-refractivity contribution in [2.24, 2.45) is 11.1 Å². The molecule has 0 bridgehead atoms. The molecular formula is C22H25F4N5S. The first-order chi connectivity index (χ1) is 15.1. The molecule has 3 heterocycles. The largest absolute Gasteiger partial charge is 0.355 e. The Morgan fingerprint density at radius 3 is 2.78 bits per heavy atom. The molecule has 172 valence electrons. The van der Waals surface area contributed by atoms with Gasteiger partial charge in [-0.05, 0) is 43.0 Å². The SMILES string of the molecule is C=C(Nc1ccnc(SN)c1)c1cc2c(nc1N1CCC(F)(F)C(C)C1)CCCC2(F)F. The van der Waals surface area contributed by atoms with Gasteiger partial charge in [-0.25, -0.2) is 27.5 Å². The predicted octanol–water partition coefficient (Wildman–Crippen LogP) is 5.43. The van der Waals surface area contributed by atoms with Crippen molar-refractivity contribution in [3.05, 3.63) is 47.8 Å². The molecule has 4 rings (SSSR count). The molecule has 1 atom stereocenters. The average Bonchev–Trinajstić information content (AvgIpc) is 2.75. The van der Waals surface area contributed by atoms with Gasteiger partial charge in [0.2, 0.25) is 0 Å². The molecule has 1 saturated heterocycles. The molecule has 0 saturated carbocycles. The predicted molar refractivity (Wildman–Crippen MR) is 119 cm³/mol. The van der Waals surface area contributed by atoms with E-state index in [-0.39, 0.29) is 31.5 Å². The fourth-order valence-electron chi connectivity index (χ4n) is 4.19. The summed E-state index contributed by atoms with van der Waals surface area (Å²) in [5.41, 5.74) is 1.56. The second-order valence-electron chi connectivity index (χ2n) is 8.37. The molecule has 5 nitrogen and oxygen atoms in total. The first-order valence-corrected chi connectivity index (χ1v) is 11.3. The van der Waals surface area contributed by atoms with Gasteiger partial charge in [-0.3, -0.25) is 5.14 Å². The average molecular weight is 468 g/mol. The topological polar surface area (TPSA) is 67.1 Å². The van der Waals surface area contributed by atoms with Crippen LogP contribution in [0.25, 0.3) is 5.70 Å². The number of fused-ring (bicyclic) bond motifs is 1. The molecule has 10 heteroatoms. The van der Waals surface area contributed by atoms with E-state index < -0.39 is 17.8 Å². The van der Waals surface area contributed by atoms with Crippen molar-refractivity contribution in [1.29, 1.82) is 0 Å². The maximum atomic E-state index is 14.7. The first kappa shape index (κ1) is 22.8. The summed E-state index contributed by atoms with van der Waals surface area (Å²) in [6.45, 7) is 5.71. The number of alkyl halides is 4. The van der Waals surface area contributed by atoms with Crippen LogP contribution in [0.15, 0.2) is 36.0 Å². The standard InChI is InChI=1S/C22H25F4N5S/c1-13-12-31(9-7-21(13,23)24)20-16(11-17-18(30-20)4-3-6-22(17,25)26)14(2)29-15-5-8-28-19(10-15)32-27/h5,8,10-11,13H,2-4,6-7,9,12,27H2,1H3,(H,28,29). The normalized spacial score (nSPS) is 21.7. The Hall–Kier alpha value is -2.33. The highest BCUT2D eigenvalue weighted by atomic mass is 32.2. The quantitative estimate of drug-likeness (QED) is 0.451. The molecule has 1 aliphatic carbocycles. The fourth-order valence-corrected chi connectivity index (χ4v) is 4.51. The maximum Gasteiger partial charge on any atom is 0.275 e. The highest BCUT2D eigenvalue weighted by Crippen LogP contribution is 2.43. The van der Waals surface area contributed by atoms with Gasteiger partial charge in [-0.1, -0.05) is 13.5 Å². The number of anilines is 2. The van der Waals surface area contributed by atoms with Gasteiger partial charge in [0, 0.05) is 60.6 Å². The summed E-state index contributed by atoms with van der Waals surface area (Å²) in [6.07, 6.45) is 1.77. The number of aromatic nitrogens is 2. The van der Waals surface area contributed by atoms with Crippen LogP contribution in [0.1, 0.15) is 43.0 Å². The minimum atomic E-state index is -2.99. The Morgan fingerprint density at radius 1 is 1.28 bits per heavy atom. The molecule has 0 spiro atoms. The highest BCUT2D eigenvalue weighted by Gasteiger charge is 2.43. The molecule has 0 aromatic carbocycles. The fraction of sp³-hybridized carbons (Fsp3) is 0.455. The van der Waals surface area contributed by atoms with E-state index in [9.17, 15) is 17.6 Å². The first-order valence-electron chi connectivity index (χ1n) is 10.4. The third-order valence-corrected chi connectivity index (χ3v) is 6.55. The van der Waals surface area contributed by atoms with Crippen molar-refractivity contribution >= 4 is 29.2 Å². The summed E-state index contributed by atoms with van der Waals surface area (Å²) < 4.78 is 57.5. The maximum absolute atomic E-state index is 14.7. The number of nitrogens with zero attached hydrogens (tertiary/aromatic N) is 3. The highest BCUT2D eigenvalue weighted by molar-refractivity contribution is 7.97. The Labute approximate surface area is 188 Å². The number of halogens is 4. The number of aryl methyl sites for hydroxylation is 1. The van der Waals surface area contributed by atoms with Crippen molar-refractivity contribution in [3.8, 4) is 0 Å². The van der Waals surface area contributed by atoms with Crippen LogP contribution >= 0.6 is 11.9 Å². The zero-order chi connectivity index (χ0) is 23.1. The smallest absolute Gasteiger partial charge is 0.275 e. The summed E-state index contributed by atoms with van der Waals surface area (Å²) in [4.78, 5) is 10.4. The number of hydrogen-bond acceptors (Lipinski definition) is 6. The van der Waals surface area contributed by atoms with Gasteiger partial charge in [0.15, 0.2) is 0 Å². The molecule has 3 N–H and O–H groups in total. The molecule has 32 heavy (non-hydrogen) atoms. The number of piperidine rings is 1. The van der Waals surface area contributed by atoms with Crippen LogP contribution in [-0.4, -0.2) is 29.0 Å². The van der Waals surface area contributed by atoms with Gasteiger partial charge in [0.1, 0.15) is 10.8 Å². The van der Waals surface area contributed by atoms with E-state index in [1.807, 2.05) is 0 Å².